The summed E-state index contributed by atoms with van der Waals surface area (Å²) in [6.45, 7) is 0.558. The molecule has 0 atom stereocenters. The highest BCUT2D eigenvalue weighted by molar-refractivity contribution is 5.22. The molecule has 0 spiro atoms. The summed E-state index contributed by atoms with van der Waals surface area (Å²) in [4.78, 5) is 28.0. The van der Waals surface area contributed by atoms with Crippen molar-refractivity contribution in [2.45, 2.75) is 38.0 Å². The van der Waals surface area contributed by atoms with Crippen molar-refractivity contribution in [2.75, 3.05) is 6.54 Å². The fraction of sp³-hybridized carbons (Fsp3) is 0.636. The summed E-state index contributed by atoms with van der Waals surface area (Å²) in [5.41, 5.74) is 6.35. The second kappa shape index (κ2) is 4.65. The van der Waals surface area contributed by atoms with Gasteiger partial charge in [-0.05, 0) is 38.1 Å². The quantitative estimate of drug-likeness (QED) is 0.682. The molecular formula is C11H17N3O2. The maximum Gasteiger partial charge on any atom is 0.325 e. The van der Waals surface area contributed by atoms with Gasteiger partial charge in [0, 0.05) is 11.3 Å². The van der Waals surface area contributed by atoms with Crippen molar-refractivity contribution in [1.29, 1.82) is 0 Å². The van der Waals surface area contributed by atoms with Crippen molar-refractivity contribution in [2.24, 2.45) is 5.73 Å². The average molecular weight is 223 g/mol. The maximum atomic E-state index is 11.7. The van der Waals surface area contributed by atoms with Crippen molar-refractivity contribution < 1.29 is 0 Å². The normalized spacial score (nSPS) is 16.1. The van der Waals surface area contributed by atoms with Crippen LogP contribution in [0.4, 0.5) is 0 Å². The molecule has 0 aromatic carbocycles. The van der Waals surface area contributed by atoms with Gasteiger partial charge in [0.15, 0.2) is 0 Å². The zero-order chi connectivity index (χ0) is 11.5. The topological polar surface area (TPSA) is 91.7 Å². The molecule has 0 bridgehead atoms. The van der Waals surface area contributed by atoms with E-state index >= 15 is 0 Å². The van der Waals surface area contributed by atoms with Crippen LogP contribution < -0.4 is 17.0 Å². The molecule has 4 N–H and O–H groups in total. The predicted octanol–water partition coefficient (Wildman–Crippen LogP) is 0.222. The number of rotatable bonds is 4. The van der Waals surface area contributed by atoms with E-state index in [1.807, 2.05) is 0 Å². The largest absolute Gasteiger partial charge is 0.330 e. The summed E-state index contributed by atoms with van der Waals surface area (Å²) in [6, 6.07) is 0. The van der Waals surface area contributed by atoms with E-state index in [-0.39, 0.29) is 5.56 Å². The van der Waals surface area contributed by atoms with Crippen LogP contribution >= 0.6 is 0 Å². The van der Waals surface area contributed by atoms with Crippen LogP contribution in [0.3, 0.4) is 0 Å². The molecule has 0 saturated heterocycles. The molecule has 0 radical (unpaired) electrons. The van der Waals surface area contributed by atoms with Gasteiger partial charge >= 0.3 is 5.69 Å². The number of hydrogen-bond acceptors (Lipinski definition) is 3. The standard InChI is InChI=1S/C11H17N3O2/c12-6-2-5-8-9(7-3-1-4-7)13-11(16)14-10(8)15/h7H,1-6,12H2,(H2,13,14,15,16). The first-order chi connectivity index (χ1) is 7.72. The fourth-order valence-electron chi connectivity index (χ4n) is 2.10. The van der Waals surface area contributed by atoms with Crippen LogP contribution in [0.2, 0.25) is 0 Å². The number of nitrogens with two attached hydrogens (primary N) is 1. The Morgan fingerprint density at radius 2 is 2.00 bits per heavy atom. The van der Waals surface area contributed by atoms with Gasteiger partial charge in [-0.3, -0.25) is 9.78 Å². The summed E-state index contributed by atoms with van der Waals surface area (Å²) < 4.78 is 0. The van der Waals surface area contributed by atoms with Crippen LogP contribution in [0.5, 0.6) is 0 Å². The third-order valence-corrected chi connectivity index (χ3v) is 3.22. The Kier molecular flexibility index (Phi) is 3.24. The van der Waals surface area contributed by atoms with Crippen molar-refractivity contribution in [3.63, 3.8) is 0 Å². The molecule has 5 heteroatoms. The molecule has 88 valence electrons. The molecular weight excluding hydrogens is 206 g/mol. The summed E-state index contributed by atoms with van der Waals surface area (Å²) in [7, 11) is 0. The van der Waals surface area contributed by atoms with E-state index in [4.69, 9.17) is 5.73 Å². The summed E-state index contributed by atoms with van der Waals surface area (Å²) in [6.07, 6.45) is 4.73. The monoisotopic (exact) mass is 223 g/mol. The van der Waals surface area contributed by atoms with E-state index in [1.165, 1.54) is 6.42 Å². The minimum atomic E-state index is -0.400. The van der Waals surface area contributed by atoms with Crippen LogP contribution in [0.1, 0.15) is 42.9 Å². The molecule has 0 aliphatic heterocycles. The molecule has 2 rings (SSSR count). The Morgan fingerprint density at radius 3 is 2.56 bits per heavy atom. The third kappa shape index (κ3) is 2.09. The second-order valence-corrected chi connectivity index (χ2v) is 4.32. The number of aromatic nitrogens is 2. The van der Waals surface area contributed by atoms with Crippen LogP contribution in [0, 0.1) is 0 Å². The molecule has 1 aromatic heterocycles. The molecule has 1 aliphatic rings. The highest BCUT2D eigenvalue weighted by Gasteiger charge is 2.24. The molecule has 5 nitrogen and oxygen atoms in total. The Bertz CT molecular complexity index is 471. The van der Waals surface area contributed by atoms with Gasteiger partial charge in [0.25, 0.3) is 5.56 Å². The fourth-order valence-corrected chi connectivity index (χ4v) is 2.10. The molecule has 1 aliphatic carbocycles. The van der Waals surface area contributed by atoms with E-state index in [0.29, 0.717) is 18.9 Å². The molecule has 0 amide bonds. The van der Waals surface area contributed by atoms with Crippen molar-refractivity contribution in [3.8, 4) is 0 Å². The van der Waals surface area contributed by atoms with Gasteiger partial charge < -0.3 is 10.7 Å². The van der Waals surface area contributed by atoms with Crippen molar-refractivity contribution in [3.05, 3.63) is 32.1 Å². The van der Waals surface area contributed by atoms with E-state index < -0.39 is 5.69 Å². The van der Waals surface area contributed by atoms with E-state index in [2.05, 4.69) is 9.97 Å². The number of nitrogens with one attached hydrogen (secondary N) is 2. The first-order valence-corrected chi connectivity index (χ1v) is 5.78. The Morgan fingerprint density at radius 1 is 1.25 bits per heavy atom. The van der Waals surface area contributed by atoms with Gasteiger partial charge in [-0.1, -0.05) is 6.42 Å². The zero-order valence-electron chi connectivity index (χ0n) is 9.21. The smallest absolute Gasteiger partial charge is 0.325 e. The van der Waals surface area contributed by atoms with E-state index in [0.717, 1.165) is 30.5 Å². The second-order valence-electron chi connectivity index (χ2n) is 4.32. The Hall–Kier alpha value is -1.36. The SMILES string of the molecule is NCCCc1c(C2CCC2)[nH]c(=O)[nH]c1=O. The minimum Gasteiger partial charge on any atom is -0.330 e. The van der Waals surface area contributed by atoms with Crippen LogP contribution in [-0.4, -0.2) is 16.5 Å². The van der Waals surface area contributed by atoms with Crippen LogP contribution in [0.25, 0.3) is 0 Å². The average Bonchev–Trinajstić information content (AvgIpc) is 2.13. The highest BCUT2D eigenvalue weighted by Crippen LogP contribution is 2.35. The van der Waals surface area contributed by atoms with Crippen LogP contribution in [0.15, 0.2) is 9.59 Å². The molecule has 1 aromatic rings. The first kappa shape index (κ1) is 11.1. The van der Waals surface area contributed by atoms with Gasteiger partial charge in [-0.15, -0.1) is 0 Å². The predicted molar refractivity (Wildman–Crippen MR) is 61.7 cm³/mol. The van der Waals surface area contributed by atoms with Gasteiger partial charge in [-0.2, -0.15) is 0 Å². The van der Waals surface area contributed by atoms with Crippen molar-refractivity contribution in [1.82, 2.24) is 9.97 Å². The number of hydrogen-bond donors (Lipinski definition) is 3. The lowest BCUT2D eigenvalue weighted by atomic mass is 9.81. The van der Waals surface area contributed by atoms with Gasteiger partial charge in [0.1, 0.15) is 0 Å². The lowest BCUT2D eigenvalue weighted by molar-refractivity contribution is 0.405. The number of aromatic amines is 2. The van der Waals surface area contributed by atoms with Crippen LogP contribution in [-0.2, 0) is 6.42 Å². The lowest BCUT2D eigenvalue weighted by Crippen LogP contribution is -2.31. The van der Waals surface area contributed by atoms with Gasteiger partial charge in [-0.25, -0.2) is 4.79 Å². The zero-order valence-corrected chi connectivity index (χ0v) is 9.21. The Labute approximate surface area is 93.1 Å². The van der Waals surface area contributed by atoms with E-state index in [9.17, 15) is 9.59 Å². The molecule has 1 fully saturated rings. The van der Waals surface area contributed by atoms with Gasteiger partial charge in [0.05, 0.1) is 0 Å². The molecule has 0 unspecified atom stereocenters. The Balaban J connectivity index is 2.38. The first-order valence-electron chi connectivity index (χ1n) is 5.78. The van der Waals surface area contributed by atoms with E-state index in [1.54, 1.807) is 0 Å². The maximum absolute atomic E-state index is 11.7. The number of H-pyrrole nitrogens is 2. The third-order valence-electron chi connectivity index (χ3n) is 3.22. The summed E-state index contributed by atoms with van der Waals surface area (Å²) in [5.74, 6) is 0.364. The highest BCUT2D eigenvalue weighted by atomic mass is 16.2. The van der Waals surface area contributed by atoms with Crippen molar-refractivity contribution >= 4 is 0 Å². The molecule has 16 heavy (non-hydrogen) atoms. The lowest BCUT2D eigenvalue weighted by Gasteiger charge is -2.26. The van der Waals surface area contributed by atoms with Gasteiger partial charge in [0.2, 0.25) is 0 Å². The molecule has 1 saturated carbocycles. The molecule has 1 heterocycles. The minimum absolute atomic E-state index is 0.251. The summed E-state index contributed by atoms with van der Waals surface area (Å²) in [5, 5.41) is 0. The summed E-state index contributed by atoms with van der Waals surface area (Å²) >= 11 is 0.